The fourth-order valence-electron chi connectivity index (χ4n) is 6.99. The van der Waals surface area contributed by atoms with Gasteiger partial charge in [-0.15, -0.1) is 11.8 Å². The monoisotopic (exact) mass is 842 g/mol. The number of carbonyl (C=O) groups excluding carboxylic acids is 1. The number of carbonyl (C=O) groups is 2. The van der Waals surface area contributed by atoms with Crippen molar-refractivity contribution in [1.29, 1.82) is 0 Å². The van der Waals surface area contributed by atoms with E-state index >= 15 is 0 Å². The van der Waals surface area contributed by atoms with Crippen LogP contribution in [0.2, 0.25) is 0 Å². The molecule has 0 spiro atoms. The molecule has 0 radical (unpaired) electrons. The van der Waals surface area contributed by atoms with Crippen LogP contribution in [0.1, 0.15) is 62.6 Å². The summed E-state index contributed by atoms with van der Waals surface area (Å²) in [4.78, 5) is 26.3. The number of nitrogens with one attached hydrogen (secondary N) is 2. The Kier molecular flexibility index (Phi) is 13.9. The molecule has 1 amide bonds. The number of aliphatic hydroxyl groups excluding tert-OH is 1. The molecular formula is C48H46N2O8S2. The van der Waals surface area contributed by atoms with E-state index < -0.39 is 34.2 Å². The van der Waals surface area contributed by atoms with Crippen LogP contribution in [0, 0.1) is 6.92 Å². The summed E-state index contributed by atoms with van der Waals surface area (Å²) in [5, 5.41) is 22.2. The second-order valence-electron chi connectivity index (χ2n) is 14.7. The van der Waals surface area contributed by atoms with Crippen LogP contribution in [0.15, 0.2) is 161 Å². The number of sulfonamides is 1. The summed E-state index contributed by atoms with van der Waals surface area (Å²) in [6.45, 7) is 2.00. The maximum atomic E-state index is 13.7. The summed E-state index contributed by atoms with van der Waals surface area (Å²) in [5.74, 6) is -0.905. The third kappa shape index (κ3) is 11.0. The second kappa shape index (κ2) is 19.6. The van der Waals surface area contributed by atoms with Crippen LogP contribution in [-0.2, 0) is 43.9 Å². The van der Waals surface area contributed by atoms with Crippen molar-refractivity contribution >= 4 is 33.7 Å². The van der Waals surface area contributed by atoms with E-state index in [0.29, 0.717) is 17.1 Å². The minimum atomic E-state index is -3.98. The Morgan fingerprint density at radius 2 is 1.43 bits per heavy atom. The number of carboxylic acid groups (broad SMARTS) is 1. The number of amides is 1. The average molecular weight is 843 g/mol. The number of carboxylic acids is 1. The summed E-state index contributed by atoms with van der Waals surface area (Å²) in [7, 11) is -3.98. The largest absolute Gasteiger partial charge is 0.478 e. The molecule has 1 aliphatic rings. The number of rotatable bonds is 16. The molecule has 1 aliphatic heterocycles. The van der Waals surface area contributed by atoms with Gasteiger partial charge in [0.15, 0.2) is 6.29 Å². The zero-order chi connectivity index (χ0) is 42.1. The van der Waals surface area contributed by atoms with Gasteiger partial charge in [0.05, 0.1) is 29.3 Å². The van der Waals surface area contributed by atoms with Crippen molar-refractivity contribution in [3.63, 3.8) is 0 Å². The van der Waals surface area contributed by atoms with Gasteiger partial charge in [-0.1, -0.05) is 127 Å². The van der Waals surface area contributed by atoms with Crippen LogP contribution >= 0.6 is 11.8 Å². The van der Waals surface area contributed by atoms with Gasteiger partial charge < -0.3 is 25.0 Å². The fourth-order valence-corrected chi connectivity index (χ4v) is 9.25. The van der Waals surface area contributed by atoms with Crippen LogP contribution in [0.5, 0.6) is 0 Å². The Labute approximate surface area is 354 Å². The molecule has 12 heteroatoms. The lowest BCUT2D eigenvalue weighted by molar-refractivity contribution is -0.245. The number of aryl methyl sites for hydroxylation is 1. The first-order valence-electron chi connectivity index (χ1n) is 19.6. The molecule has 10 nitrogen and oxygen atoms in total. The average Bonchev–Trinajstić information content (AvgIpc) is 3.28. The third-order valence-electron chi connectivity index (χ3n) is 10.3. The predicted octanol–water partition coefficient (Wildman–Crippen LogP) is 8.40. The number of aliphatic hydroxyl groups is 1. The van der Waals surface area contributed by atoms with Crippen molar-refractivity contribution in [2.45, 2.75) is 67.2 Å². The molecule has 60 heavy (non-hydrogen) atoms. The number of ether oxygens (including phenoxy) is 2. The van der Waals surface area contributed by atoms with E-state index in [2.05, 4.69) is 10.0 Å². The molecule has 0 aliphatic carbocycles. The zero-order valence-electron chi connectivity index (χ0n) is 32.9. The van der Waals surface area contributed by atoms with Crippen molar-refractivity contribution in [1.82, 2.24) is 10.0 Å². The minimum absolute atomic E-state index is 0.0577. The topological polar surface area (TPSA) is 151 Å². The first-order valence-corrected chi connectivity index (χ1v) is 22.1. The molecule has 4 atom stereocenters. The lowest BCUT2D eigenvalue weighted by atomic mass is 9.99. The van der Waals surface area contributed by atoms with E-state index in [4.69, 9.17) is 9.47 Å². The van der Waals surface area contributed by atoms with E-state index in [1.807, 2.05) is 116 Å². The predicted molar refractivity (Wildman–Crippen MR) is 232 cm³/mol. The van der Waals surface area contributed by atoms with Gasteiger partial charge in [0.1, 0.15) is 6.04 Å². The van der Waals surface area contributed by atoms with Gasteiger partial charge in [0.2, 0.25) is 15.9 Å². The number of thioether (sulfide) groups is 1. The Morgan fingerprint density at radius 3 is 2.15 bits per heavy atom. The summed E-state index contributed by atoms with van der Waals surface area (Å²) in [6.07, 6.45) is -0.509. The Bertz CT molecular complexity index is 2500. The molecule has 0 aromatic heterocycles. The molecular weight excluding hydrogens is 797 g/mol. The highest BCUT2D eigenvalue weighted by Gasteiger charge is 2.33. The van der Waals surface area contributed by atoms with Crippen molar-refractivity contribution in [2.75, 3.05) is 5.75 Å². The van der Waals surface area contributed by atoms with Crippen LogP contribution in [0.25, 0.3) is 11.1 Å². The maximum Gasteiger partial charge on any atom is 0.336 e. The Morgan fingerprint density at radius 1 is 0.750 bits per heavy atom. The molecule has 1 heterocycles. The van der Waals surface area contributed by atoms with Crippen LogP contribution in [0.3, 0.4) is 0 Å². The van der Waals surface area contributed by atoms with Crippen molar-refractivity contribution in [2.24, 2.45) is 0 Å². The summed E-state index contributed by atoms with van der Waals surface area (Å²) >= 11 is 1.44. The van der Waals surface area contributed by atoms with Crippen LogP contribution in [0.4, 0.5) is 0 Å². The minimum Gasteiger partial charge on any atom is -0.478 e. The van der Waals surface area contributed by atoms with Gasteiger partial charge in [0.25, 0.3) is 0 Å². The molecule has 6 aromatic carbocycles. The lowest BCUT2D eigenvalue weighted by Gasteiger charge is -2.36. The van der Waals surface area contributed by atoms with Gasteiger partial charge in [-0.05, 0) is 77.1 Å². The standard InChI is InChI=1S/C48H46N2O8S2/c1-32-14-24-41(25-15-32)60(55,56)50-43(27-33-8-3-2-4-9-33)46(52)49-29-35-10-7-11-39(26-35)36-20-22-38(23-21-36)48-57-40(31-59-45-13-6-5-12-42(45)47(53)54)28-44(58-48)37-18-16-34(30-51)17-19-37/h2-26,40,43-44,48,50-51H,27-31H2,1H3,(H,49,52)(H,53,54)/t40-,43-,44+,48+/m1/s1. The SMILES string of the molecule is Cc1ccc(S(=O)(=O)N[C@H](Cc2ccccc2)C(=O)NCc2cccc(-c3ccc([C@H]4O[C@@H](CSc5ccccc5C(=O)O)C[C@@H](c5ccc(CO)cc5)O4)cc3)c2)cc1. The van der Waals surface area contributed by atoms with Gasteiger partial charge >= 0.3 is 5.97 Å². The summed E-state index contributed by atoms with van der Waals surface area (Å²) in [5.41, 5.74) is 7.27. The zero-order valence-corrected chi connectivity index (χ0v) is 34.6. The highest BCUT2D eigenvalue weighted by molar-refractivity contribution is 7.99. The third-order valence-corrected chi connectivity index (χ3v) is 13.0. The van der Waals surface area contributed by atoms with Crippen molar-refractivity contribution in [3.8, 4) is 11.1 Å². The van der Waals surface area contributed by atoms with E-state index in [1.54, 1.807) is 30.3 Å². The quantitative estimate of drug-likeness (QED) is 0.0705. The van der Waals surface area contributed by atoms with Crippen LogP contribution in [-0.4, -0.2) is 48.4 Å². The molecule has 7 rings (SSSR count). The van der Waals surface area contributed by atoms with Gasteiger partial charge in [-0.2, -0.15) is 4.72 Å². The fraction of sp³-hybridized carbons (Fsp3) is 0.208. The molecule has 0 unspecified atom stereocenters. The summed E-state index contributed by atoms with van der Waals surface area (Å²) < 4.78 is 42.4. The molecule has 1 fully saturated rings. The highest BCUT2D eigenvalue weighted by atomic mass is 32.2. The smallest absolute Gasteiger partial charge is 0.336 e. The van der Waals surface area contributed by atoms with Crippen molar-refractivity contribution in [3.05, 3.63) is 191 Å². The van der Waals surface area contributed by atoms with Gasteiger partial charge in [-0.3, -0.25) is 4.79 Å². The van der Waals surface area contributed by atoms with Crippen molar-refractivity contribution < 1.29 is 37.7 Å². The molecule has 0 saturated carbocycles. The normalized spacial score (nSPS) is 17.1. The molecule has 308 valence electrons. The van der Waals surface area contributed by atoms with E-state index in [-0.39, 0.29) is 42.2 Å². The Hall–Kier alpha value is -5.60. The van der Waals surface area contributed by atoms with E-state index in [9.17, 15) is 28.2 Å². The lowest BCUT2D eigenvalue weighted by Crippen LogP contribution is -2.47. The number of benzene rings is 6. The van der Waals surface area contributed by atoms with Gasteiger partial charge in [-0.25, -0.2) is 13.2 Å². The molecule has 0 bridgehead atoms. The first-order chi connectivity index (χ1) is 29.0. The van der Waals surface area contributed by atoms with Gasteiger partial charge in [0, 0.05) is 29.2 Å². The first kappa shape index (κ1) is 42.5. The molecule has 1 saturated heterocycles. The Balaban J connectivity index is 1.04. The highest BCUT2D eigenvalue weighted by Crippen LogP contribution is 2.40. The number of hydrogen-bond donors (Lipinski definition) is 4. The molecule has 4 N–H and O–H groups in total. The molecule has 6 aromatic rings. The number of aromatic carboxylic acids is 1. The van der Waals surface area contributed by atoms with E-state index in [0.717, 1.165) is 44.5 Å². The summed E-state index contributed by atoms with van der Waals surface area (Å²) in [6, 6.07) is 45.0. The second-order valence-corrected chi connectivity index (χ2v) is 17.5. The number of hydrogen-bond acceptors (Lipinski definition) is 8. The van der Waals surface area contributed by atoms with Crippen LogP contribution < -0.4 is 10.0 Å². The maximum absolute atomic E-state index is 13.7. The van der Waals surface area contributed by atoms with E-state index in [1.165, 1.54) is 23.9 Å².